The standard InChI is InChI=1S/C24H18N2O3/c27-17-29-24-21(16-22(28)18-10-4-1-5-11-18)25-26(20-14-8-3-9-15-20)23(24)19-12-6-2-7-13-19/h1-15,17H,16H2. The molecule has 5 heteroatoms. The predicted molar refractivity (Wildman–Crippen MR) is 110 cm³/mol. The van der Waals surface area contributed by atoms with Gasteiger partial charge in [0.05, 0.1) is 12.1 Å². The van der Waals surface area contributed by atoms with Crippen LogP contribution < -0.4 is 4.74 Å². The van der Waals surface area contributed by atoms with Gasteiger partial charge >= 0.3 is 0 Å². The molecule has 0 spiro atoms. The fraction of sp³-hybridized carbons (Fsp3) is 0.0417. The van der Waals surface area contributed by atoms with Gasteiger partial charge < -0.3 is 4.74 Å². The minimum absolute atomic E-state index is 0.0207. The molecule has 0 fully saturated rings. The van der Waals surface area contributed by atoms with Crippen LogP contribution in [0.5, 0.6) is 5.75 Å². The van der Waals surface area contributed by atoms with Crippen molar-refractivity contribution < 1.29 is 14.3 Å². The first kappa shape index (κ1) is 18.4. The van der Waals surface area contributed by atoms with Crippen LogP contribution in [0.4, 0.5) is 0 Å². The number of carbonyl (C=O) groups is 2. The lowest BCUT2D eigenvalue weighted by molar-refractivity contribution is -0.120. The maximum atomic E-state index is 12.8. The topological polar surface area (TPSA) is 61.2 Å². The number of ether oxygens (including phenoxy) is 1. The average Bonchev–Trinajstić information content (AvgIpc) is 3.14. The Bertz CT molecular complexity index is 1120. The Labute approximate surface area is 168 Å². The summed E-state index contributed by atoms with van der Waals surface area (Å²) in [6.45, 7) is 0.370. The largest absolute Gasteiger partial charge is 0.424 e. The van der Waals surface area contributed by atoms with E-state index in [0.717, 1.165) is 11.3 Å². The number of ketones is 1. The molecule has 1 aromatic heterocycles. The van der Waals surface area contributed by atoms with Gasteiger partial charge in [0, 0.05) is 11.1 Å². The summed E-state index contributed by atoms with van der Waals surface area (Å²) in [6.07, 6.45) is 0.0207. The molecule has 4 aromatic rings. The molecule has 0 aliphatic heterocycles. The van der Waals surface area contributed by atoms with Crippen LogP contribution in [0, 0.1) is 0 Å². The minimum atomic E-state index is -0.0985. The number of carbonyl (C=O) groups excluding carboxylic acids is 2. The van der Waals surface area contributed by atoms with Crippen molar-refractivity contribution in [2.24, 2.45) is 0 Å². The van der Waals surface area contributed by atoms with Crippen LogP contribution in [0.25, 0.3) is 16.9 Å². The summed E-state index contributed by atoms with van der Waals surface area (Å²) in [5.74, 6) is 0.193. The van der Waals surface area contributed by atoms with E-state index < -0.39 is 0 Å². The summed E-state index contributed by atoms with van der Waals surface area (Å²) in [4.78, 5) is 24.0. The summed E-state index contributed by atoms with van der Waals surface area (Å²) in [7, 11) is 0. The van der Waals surface area contributed by atoms with Crippen molar-refractivity contribution in [3.63, 3.8) is 0 Å². The summed E-state index contributed by atoms with van der Waals surface area (Å²) in [5.41, 5.74) is 3.26. The van der Waals surface area contributed by atoms with Crippen molar-refractivity contribution >= 4 is 12.3 Å². The lowest BCUT2D eigenvalue weighted by Gasteiger charge is -2.08. The van der Waals surface area contributed by atoms with Gasteiger partial charge in [-0.3, -0.25) is 9.59 Å². The predicted octanol–water partition coefficient (Wildman–Crippen LogP) is 4.50. The maximum absolute atomic E-state index is 12.8. The highest BCUT2D eigenvalue weighted by Gasteiger charge is 2.24. The number of nitrogens with zero attached hydrogens (tertiary/aromatic N) is 2. The number of rotatable bonds is 7. The molecular formula is C24H18N2O3. The van der Waals surface area contributed by atoms with Gasteiger partial charge in [-0.25, -0.2) is 4.68 Å². The van der Waals surface area contributed by atoms with Crippen LogP contribution in [-0.4, -0.2) is 22.0 Å². The molecule has 0 radical (unpaired) electrons. The van der Waals surface area contributed by atoms with Crippen molar-refractivity contribution in [1.29, 1.82) is 0 Å². The van der Waals surface area contributed by atoms with E-state index in [9.17, 15) is 9.59 Å². The first-order chi connectivity index (χ1) is 14.3. The van der Waals surface area contributed by atoms with E-state index >= 15 is 0 Å². The number of hydrogen-bond donors (Lipinski definition) is 0. The van der Waals surface area contributed by atoms with Crippen LogP contribution in [0.3, 0.4) is 0 Å². The van der Waals surface area contributed by atoms with Gasteiger partial charge in [0.25, 0.3) is 6.47 Å². The summed E-state index contributed by atoms with van der Waals surface area (Å²) in [5, 5.41) is 4.65. The maximum Gasteiger partial charge on any atom is 0.298 e. The Morgan fingerprint density at radius 2 is 1.45 bits per heavy atom. The van der Waals surface area contributed by atoms with E-state index in [0.29, 0.717) is 29.2 Å². The molecule has 0 unspecified atom stereocenters. The third kappa shape index (κ3) is 3.84. The van der Waals surface area contributed by atoms with Gasteiger partial charge in [0.2, 0.25) is 0 Å². The molecule has 142 valence electrons. The fourth-order valence-corrected chi connectivity index (χ4v) is 3.22. The molecule has 4 rings (SSSR count). The second-order valence-corrected chi connectivity index (χ2v) is 6.42. The van der Waals surface area contributed by atoms with Crippen molar-refractivity contribution in [2.45, 2.75) is 6.42 Å². The molecular weight excluding hydrogens is 364 g/mol. The average molecular weight is 382 g/mol. The molecule has 0 amide bonds. The van der Waals surface area contributed by atoms with E-state index in [1.54, 1.807) is 16.8 Å². The van der Waals surface area contributed by atoms with Crippen LogP contribution in [0.1, 0.15) is 16.1 Å². The van der Waals surface area contributed by atoms with Gasteiger partial charge in [0.1, 0.15) is 11.4 Å². The van der Waals surface area contributed by atoms with Crippen molar-refractivity contribution in [2.75, 3.05) is 0 Å². The van der Waals surface area contributed by atoms with Gasteiger partial charge in [-0.05, 0) is 12.1 Å². The molecule has 3 aromatic carbocycles. The summed E-state index contributed by atoms with van der Waals surface area (Å²) >= 11 is 0. The van der Waals surface area contributed by atoms with Crippen molar-refractivity contribution in [3.05, 3.63) is 102 Å². The Balaban J connectivity index is 1.86. The summed E-state index contributed by atoms with van der Waals surface area (Å²) in [6, 6.07) is 28.1. The second kappa shape index (κ2) is 8.35. The van der Waals surface area contributed by atoms with Crippen LogP contribution in [-0.2, 0) is 11.2 Å². The third-order valence-electron chi connectivity index (χ3n) is 4.55. The highest BCUT2D eigenvalue weighted by Crippen LogP contribution is 2.35. The number of benzene rings is 3. The van der Waals surface area contributed by atoms with Gasteiger partial charge in [-0.15, -0.1) is 0 Å². The molecule has 1 heterocycles. The Morgan fingerprint density at radius 1 is 0.862 bits per heavy atom. The Kier molecular flexibility index (Phi) is 5.29. The molecule has 29 heavy (non-hydrogen) atoms. The second-order valence-electron chi connectivity index (χ2n) is 6.42. The number of hydrogen-bond acceptors (Lipinski definition) is 4. The molecule has 0 aliphatic carbocycles. The highest BCUT2D eigenvalue weighted by atomic mass is 16.5. The SMILES string of the molecule is O=COc1c(CC(=O)c2ccccc2)nn(-c2ccccc2)c1-c1ccccc1. The molecule has 0 saturated heterocycles. The molecule has 0 atom stereocenters. The zero-order chi connectivity index (χ0) is 20.1. The van der Waals surface area contributed by atoms with Crippen molar-refractivity contribution in [3.8, 4) is 22.7 Å². The van der Waals surface area contributed by atoms with Gasteiger partial charge in [0.15, 0.2) is 11.5 Å². The minimum Gasteiger partial charge on any atom is -0.424 e. The molecule has 0 bridgehead atoms. The van der Waals surface area contributed by atoms with E-state index in [1.165, 1.54) is 0 Å². The first-order valence-electron chi connectivity index (χ1n) is 9.19. The van der Waals surface area contributed by atoms with Gasteiger partial charge in [-0.2, -0.15) is 5.10 Å². The highest BCUT2D eigenvalue weighted by molar-refractivity contribution is 5.98. The summed E-state index contributed by atoms with van der Waals surface area (Å²) < 4.78 is 7.06. The van der Waals surface area contributed by atoms with E-state index in [1.807, 2.05) is 78.9 Å². The lowest BCUT2D eigenvalue weighted by Crippen LogP contribution is -2.06. The zero-order valence-electron chi connectivity index (χ0n) is 15.6. The fourth-order valence-electron chi connectivity index (χ4n) is 3.22. The monoisotopic (exact) mass is 382 g/mol. The quantitative estimate of drug-likeness (QED) is 0.349. The Morgan fingerprint density at radius 3 is 2.07 bits per heavy atom. The van der Waals surface area contributed by atoms with Gasteiger partial charge in [-0.1, -0.05) is 78.9 Å². The first-order valence-corrected chi connectivity index (χ1v) is 9.19. The molecule has 0 saturated carbocycles. The molecule has 0 aliphatic rings. The zero-order valence-corrected chi connectivity index (χ0v) is 15.6. The van der Waals surface area contributed by atoms with Crippen LogP contribution >= 0.6 is 0 Å². The molecule has 5 nitrogen and oxygen atoms in total. The van der Waals surface area contributed by atoms with Crippen LogP contribution in [0.15, 0.2) is 91.0 Å². The van der Waals surface area contributed by atoms with E-state index in [2.05, 4.69) is 5.10 Å². The van der Waals surface area contributed by atoms with E-state index in [-0.39, 0.29) is 12.2 Å². The number of Topliss-reactive ketones (excluding diaryl/α,β-unsaturated/α-hetero) is 1. The van der Waals surface area contributed by atoms with Crippen molar-refractivity contribution in [1.82, 2.24) is 9.78 Å². The molecule has 0 N–H and O–H groups in total. The number of aromatic nitrogens is 2. The number of para-hydroxylation sites is 1. The third-order valence-corrected chi connectivity index (χ3v) is 4.55. The lowest BCUT2D eigenvalue weighted by atomic mass is 10.0. The normalized spacial score (nSPS) is 10.5. The Hall–Kier alpha value is -3.99. The smallest absolute Gasteiger partial charge is 0.298 e. The van der Waals surface area contributed by atoms with E-state index in [4.69, 9.17) is 4.74 Å². The van der Waals surface area contributed by atoms with Crippen LogP contribution in [0.2, 0.25) is 0 Å².